The SMILES string of the molecule is O=c1oc2cc(O[C@@H]3O[C@H](CO)[C@@H](O)[C@H](O)[C@H]3O)cc(O)c2c(O)c1-c1ccccc1. The van der Waals surface area contributed by atoms with Gasteiger partial charge in [-0.25, -0.2) is 4.79 Å². The Morgan fingerprint density at radius 3 is 2.35 bits per heavy atom. The summed E-state index contributed by atoms with van der Waals surface area (Å²) in [6.45, 7) is -0.640. The molecule has 5 atom stereocenters. The van der Waals surface area contributed by atoms with E-state index in [9.17, 15) is 35.4 Å². The van der Waals surface area contributed by atoms with Gasteiger partial charge in [-0.15, -0.1) is 0 Å². The van der Waals surface area contributed by atoms with Crippen LogP contribution in [0, 0.1) is 0 Å². The first kappa shape index (κ1) is 21.1. The van der Waals surface area contributed by atoms with E-state index in [1.54, 1.807) is 30.3 Å². The standard InChI is InChI=1S/C21H20O10/c22-8-13-16(24)18(26)19(27)21(31-13)29-10-6-11(23)15-12(7-10)30-20(28)14(17(15)25)9-4-2-1-3-5-9/h1-7,13,16,18-19,21-27H,8H2/t13-,16-,18+,19-,21-/m1/s1. The first-order chi connectivity index (χ1) is 14.8. The molecule has 4 rings (SSSR count). The number of fused-ring (bicyclic) bond motifs is 1. The van der Waals surface area contributed by atoms with Crippen LogP contribution in [0.2, 0.25) is 0 Å². The van der Waals surface area contributed by atoms with Gasteiger partial charge < -0.3 is 44.5 Å². The highest BCUT2D eigenvalue weighted by Crippen LogP contribution is 2.40. The van der Waals surface area contributed by atoms with Crippen LogP contribution in [0.15, 0.2) is 51.7 Å². The Bertz CT molecular complexity index is 1140. The van der Waals surface area contributed by atoms with Gasteiger partial charge in [0, 0.05) is 12.1 Å². The van der Waals surface area contributed by atoms with Crippen LogP contribution in [0.25, 0.3) is 22.1 Å². The molecule has 1 aromatic heterocycles. The summed E-state index contributed by atoms with van der Waals surface area (Å²) in [5, 5.41) is 60.0. The predicted molar refractivity (Wildman–Crippen MR) is 106 cm³/mol. The number of hydrogen-bond donors (Lipinski definition) is 6. The number of phenols is 1. The Balaban J connectivity index is 1.73. The minimum Gasteiger partial charge on any atom is -0.507 e. The van der Waals surface area contributed by atoms with Gasteiger partial charge >= 0.3 is 5.63 Å². The smallest absolute Gasteiger partial charge is 0.347 e. The lowest BCUT2D eigenvalue weighted by molar-refractivity contribution is -0.277. The molecule has 1 aliphatic rings. The Hall–Kier alpha value is -3.15. The Morgan fingerprint density at radius 2 is 1.68 bits per heavy atom. The quantitative estimate of drug-likeness (QED) is 0.310. The molecule has 0 amide bonds. The molecule has 1 saturated heterocycles. The van der Waals surface area contributed by atoms with Crippen LogP contribution >= 0.6 is 0 Å². The number of aliphatic hydroxyl groups is 4. The number of ether oxygens (including phenoxy) is 2. The Kier molecular flexibility index (Phi) is 5.56. The summed E-state index contributed by atoms with van der Waals surface area (Å²) in [6, 6.07) is 10.6. The number of phenolic OH excluding ortho intramolecular Hbond substituents is 1. The minimum absolute atomic E-state index is 0.119. The van der Waals surface area contributed by atoms with Crippen molar-refractivity contribution in [2.75, 3.05) is 6.61 Å². The fourth-order valence-electron chi connectivity index (χ4n) is 3.49. The molecule has 10 heteroatoms. The van der Waals surface area contributed by atoms with Gasteiger partial charge in [0.2, 0.25) is 6.29 Å². The minimum atomic E-state index is -1.67. The number of hydrogen-bond acceptors (Lipinski definition) is 10. The van der Waals surface area contributed by atoms with Crippen LogP contribution in [0.1, 0.15) is 0 Å². The average Bonchev–Trinajstić information content (AvgIpc) is 2.74. The van der Waals surface area contributed by atoms with Crippen LogP contribution in [0.5, 0.6) is 17.2 Å². The molecular weight excluding hydrogens is 412 g/mol. The highest BCUT2D eigenvalue weighted by molar-refractivity contribution is 5.95. The zero-order valence-electron chi connectivity index (χ0n) is 16.0. The summed E-state index contributed by atoms with van der Waals surface area (Å²) < 4.78 is 16.0. The third kappa shape index (κ3) is 3.71. The fourth-order valence-corrected chi connectivity index (χ4v) is 3.49. The summed E-state index contributed by atoms with van der Waals surface area (Å²) in [6.07, 6.45) is -7.57. The number of rotatable bonds is 4. The molecule has 2 heterocycles. The normalized spacial score (nSPS) is 26.1. The lowest BCUT2D eigenvalue weighted by atomic mass is 9.99. The van der Waals surface area contributed by atoms with Crippen LogP contribution in [0.3, 0.4) is 0 Å². The second kappa shape index (κ2) is 8.17. The molecule has 1 fully saturated rings. The van der Waals surface area contributed by atoms with E-state index in [1.807, 2.05) is 0 Å². The predicted octanol–water partition coefficient (Wildman–Crippen LogP) is 0.0499. The van der Waals surface area contributed by atoms with Gasteiger partial charge in [-0.2, -0.15) is 0 Å². The molecule has 31 heavy (non-hydrogen) atoms. The molecule has 0 spiro atoms. The van der Waals surface area contributed by atoms with E-state index in [0.717, 1.165) is 6.07 Å². The highest BCUT2D eigenvalue weighted by atomic mass is 16.7. The maximum absolute atomic E-state index is 12.5. The average molecular weight is 432 g/mol. The zero-order valence-corrected chi connectivity index (χ0v) is 16.0. The summed E-state index contributed by atoms with van der Waals surface area (Å²) >= 11 is 0. The summed E-state index contributed by atoms with van der Waals surface area (Å²) in [5.74, 6) is -1.07. The molecule has 0 unspecified atom stereocenters. The first-order valence-electron chi connectivity index (χ1n) is 9.37. The Morgan fingerprint density at radius 1 is 0.968 bits per heavy atom. The van der Waals surface area contributed by atoms with Crippen LogP contribution < -0.4 is 10.4 Å². The van der Waals surface area contributed by atoms with Gasteiger partial charge in [0.05, 0.1) is 6.61 Å². The molecule has 0 radical (unpaired) electrons. The van der Waals surface area contributed by atoms with Gasteiger partial charge in [-0.3, -0.25) is 0 Å². The van der Waals surface area contributed by atoms with E-state index in [0.29, 0.717) is 5.56 Å². The maximum atomic E-state index is 12.5. The molecule has 0 aliphatic carbocycles. The highest BCUT2D eigenvalue weighted by Gasteiger charge is 2.44. The van der Waals surface area contributed by atoms with E-state index in [4.69, 9.17) is 13.9 Å². The monoisotopic (exact) mass is 432 g/mol. The molecular formula is C21H20O10. The van der Waals surface area contributed by atoms with Gasteiger partial charge in [0.15, 0.2) is 0 Å². The van der Waals surface area contributed by atoms with Crippen LogP contribution in [0.4, 0.5) is 0 Å². The third-order valence-corrected chi connectivity index (χ3v) is 5.10. The van der Waals surface area contributed by atoms with Crippen molar-refractivity contribution in [1.82, 2.24) is 0 Å². The van der Waals surface area contributed by atoms with Crippen molar-refractivity contribution in [3.05, 3.63) is 52.9 Å². The van der Waals surface area contributed by atoms with Crippen molar-refractivity contribution in [3.8, 4) is 28.4 Å². The zero-order chi connectivity index (χ0) is 22.3. The maximum Gasteiger partial charge on any atom is 0.347 e. The molecule has 0 bridgehead atoms. The van der Waals surface area contributed by atoms with Crippen molar-refractivity contribution in [2.45, 2.75) is 30.7 Å². The van der Waals surface area contributed by atoms with E-state index < -0.39 is 54.4 Å². The van der Waals surface area contributed by atoms with Crippen LogP contribution in [-0.2, 0) is 4.74 Å². The van der Waals surface area contributed by atoms with Gasteiger partial charge in [-0.05, 0) is 5.56 Å². The lowest BCUT2D eigenvalue weighted by Crippen LogP contribution is -2.60. The van der Waals surface area contributed by atoms with E-state index in [2.05, 4.69) is 0 Å². The summed E-state index contributed by atoms with van der Waals surface area (Å²) in [7, 11) is 0. The molecule has 0 saturated carbocycles. The summed E-state index contributed by atoms with van der Waals surface area (Å²) in [4.78, 5) is 12.5. The van der Waals surface area contributed by atoms with E-state index in [1.165, 1.54) is 6.07 Å². The Labute approximate surface area is 174 Å². The molecule has 1 aliphatic heterocycles. The number of aromatic hydroxyl groups is 2. The van der Waals surface area contributed by atoms with Crippen molar-refractivity contribution in [1.29, 1.82) is 0 Å². The van der Waals surface area contributed by atoms with Gasteiger partial charge in [0.1, 0.15) is 58.2 Å². The largest absolute Gasteiger partial charge is 0.507 e. The number of aliphatic hydroxyl groups excluding tert-OH is 4. The molecule has 3 aromatic rings. The van der Waals surface area contributed by atoms with Crippen molar-refractivity contribution < 1.29 is 44.5 Å². The number of benzene rings is 2. The second-order valence-electron chi connectivity index (χ2n) is 7.11. The molecule has 10 nitrogen and oxygen atoms in total. The van der Waals surface area contributed by atoms with E-state index >= 15 is 0 Å². The first-order valence-corrected chi connectivity index (χ1v) is 9.37. The van der Waals surface area contributed by atoms with Gasteiger partial charge in [0.25, 0.3) is 0 Å². The van der Waals surface area contributed by atoms with Gasteiger partial charge in [-0.1, -0.05) is 30.3 Å². The second-order valence-corrected chi connectivity index (χ2v) is 7.11. The van der Waals surface area contributed by atoms with Crippen molar-refractivity contribution in [3.63, 3.8) is 0 Å². The molecule has 164 valence electrons. The fraction of sp³-hybridized carbons (Fsp3) is 0.286. The topological polar surface area (TPSA) is 170 Å². The van der Waals surface area contributed by atoms with Crippen molar-refractivity contribution >= 4 is 11.0 Å². The molecule has 6 N–H and O–H groups in total. The van der Waals surface area contributed by atoms with Crippen molar-refractivity contribution in [2.24, 2.45) is 0 Å². The molecule has 2 aromatic carbocycles. The third-order valence-electron chi connectivity index (χ3n) is 5.10. The van der Waals surface area contributed by atoms with Crippen LogP contribution in [-0.4, -0.2) is 68.0 Å². The van der Waals surface area contributed by atoms with E-state index in [-0.39, 0.29) is 22.3 Å². The lowest BCUT2D eigenvalue weighted by Gasteiger charge is -2.39. The summed E-state index contributed by atoms with van der Waals surface area (Å²) in [5.41, 5.74) is -0.759.